The Labute approximate surface area is 185 Å². The Kier molecular flexibility index (Phi) is 7.55. The zero-order chi connectivity index (χ0) is 20.9. The van der Waals surface area contributed by atoms with Gasteiger partial charge >= 0.3 is 0 Å². The SMILES string of the molecule is COc1ccc(Br)cc1CCc1c(Cl)cccc1C1(C(CC#N)OC)NCCN1. The van der Waals surface area contributed by atoms with E-state index in [1.807, 2.05) is 24.3 Å². The molecule has 0 saturated carbocycles. The summed E-state index contributed by atoms with van der Waals surface area (Å²) in [6.07, 6.45) is 1.43. The van der Waals surface area contributed by atoms with E-state index in [4.69, 9.17) is 21.1 Å². The molecule has 29 heavy (non-hydrogen) atoms. The Bertz CT molecular complexity index is 894. The van der Waals surface area contributed by atoms with Crippen molar-refractivity contribution in [3.8, 4) is 11.8 Å². The maximum atomic E-state index is 9.32. The highest BCUT2D eigenvalue weighted by Crippen LogP contribution is 2.35. The quantitative estimate of drug-likeness (QED) is 0.596. The molecule has 1 unspecified atom stereocenters. The molecule has 2 N–H and O–H groups in total. The van der Waals surface area contributed by atoms with Crippen LogP contribution in [0.25, 0.3) is 0 Å². The average molecular weight is 479 g/mol. The Morgan fingerprint density at radius 1 is 1.21 bits per heavy atom. The van der Waals surface area contributed by atoms with E-state index in [1.54, 1.807) is 14.2 Å². The van der Waals surface area contributed by atoms with Gasteiger partial charge in [-0.15, -0.1) is 0 Å². The van der Waals surface area contributed by atoms with E-state index in [-0.39, 0.29) is 12.5 Å². The fourth-order valence-corrected chi connectivity index (χ4v) is 4.73. The van der Waals surface area contributed by atoms with Crippen LogP contribution < -0.4 is 15.4 Å². The Morgan fingerprint density at radius 2 is 1.97 bits per heavy atom. The highest BCUT2D eigenvalue weighted by atomic mass is 79.9. The monoisotopic (exact) mass is 477 g/mol. The molecule has 1 aliphatic rings. The summed E-state index contributed by atoms with van der Waals surface area (Å²) in [6, 6.07) is 14.2. The maximum absolute atomic E-state index is 9.32. The van der Waals surface area contributed by atoms with E-state index in [9.17, 15) is 5.26 Å². The number of hydrogen-bond acceptors (Lipinski definition) is 5. The van der Waals surface area contributed by atoms with Gasteiger partial charge < -0.3 is 9.47 Å². The van der Waals surface area contributed by atoms with Gasteiger partial charge in [-0.1, -0.05) is 39.7 Å². The van der Waals surface area contributed by atoms with Crippen molar-refractivity contribution in [2.24, 2.45) is 0 Å². The molecule has 0 aromatic heterocycles. The molecule has 1 heterocycles. The van der Waals surface area contributed by atoms with Crippen LogP contribution >= 0.6 is 27.5 Å². The summed E-state index contributed by atoms with van der Waals surface area (Å²) in [4.78, 5) is 0. The van der Waals surface area contributed by atoms with E-state index in [1.165, 1.54) is 0 Å². The first-order valence-corrected chi connectivity index (χ1v) is 10.7. The van der Waals surface area contributed by atoms with Gasteiger partial charge in [-0.2, -0.15) is 5.26 Å². The van der Waals surface area contributed by atoms with Crippen LogP contribution in [-0.2, 0) is 23.2 Å². The number of methoxy groups -OCH3 is 2. The third-order valence-corrected chi connectivity index (χ3v) is 6.25. The van der Waals surface area contributed by atoms with Crippen molar-refractivity contribution in [2.45, 2.75) is 31.0 Å². The van der Waals surface area contributed by atoms with Crippen LogP contribution in [0.15, 0.2) is 40.9 Å². The number of nitriles is 1. The molecule has 0 bridgehead atoms. The number of ether oxygens (including phenoxy) is 2. The van der Waals surface area contributed by atoms with E-state index < -0.39 is 5.66 Å². The fraction of sp³-hybridized carbons (Fsp3) is 0.409. The van der Waals surface area contributed by atoms with Gasteiger partial charge in [0, 0.05) is 29.7 Å². The Morgan fingerprint density at radius 3 is 2.62 bits per heavy atom. The molecule has 7 heteroatoms. The predicted octanol–water partition coefficient (Wildman–Crippen LogP) is 4.17. The predicted molar refractivity (Wildman–Crippen MR) is 118 cm³/mol. The topological polar surface area (TPSA) is 66.3 Å². The number of benzene rings is 2. The molecule has 154 valence electrons. The zero-order valence-electron chi connectivity index (χ0n) is 16.6. The highest BCUT2D eigenvalue weighted by Gasteiger charge is 2.44. The first kappa shape index (κ1) is 22.1. The van der Waals surface area contributed by atoms with Gasteiger partial charge in [-0.3, -0.25) is 10.6 Å². The summed E-state index contributed by atoms with van der Waals surface area (Å²) in [5.41, 5.74) is 2.53. The van der Waals surface area contributed by atoms with Gasteiger partial charge in [0.25, 0.3) is 0 Å². The molecule has 2 aromatic carbocycles. The molecule has 1 fully saturated rings. The molecule has 0 aliphatic carbocycles. The van der Waals surface area contributed by atoms with Crippen LogP contribution in [0.5, 0.6) is 5.75 Å². The molecule has 0 radical (unpaired) electrons. The Hall–Kier alpha value is -1.62. The molecule has 0 amide bonds. The molecule has 1 saturated heterocycles. The van der Waals surface area contributed by atoms with Crippen molar-refractivity contribution in [1.82, 2.24) is 10.6 Å². The zero-order valence-corrected chi connectivity index (χ0v) is 18.9. The smallest absolute Gasteiger partial charge is 0.123 e. The summed E-state index contributed by atoms with van der Waals surface area (Å²) in [7, 11) is 3.32. The third kappa shape index (κ3) is 4.60. The number of halogens is 2. The summed E-state index contributed by atoms with van der Waals surface area (Å²) >= 11 is 10.2. The third-order valence-electron chi connectivity index (χ3n) is 5.41. The molecule has 3 rings (SSSR count). The van der Waals surface area contributed by atoms with E-state index in [0.717, 1.165) is 52.8 Å². The van der Waals surface area contributed by atoms with Crippen LogP contribution in [0.3, 0.4) is 0 Å². The normalized spacial score (nSPS) is 16.4. The summed E-state index contributed by atoms with van der Waals surface area (Å²) in [5, 5.41) is 17.1. The van der Waals surface area contributed by atoms with Crippen molar-refractivity contribution < 1.29 is 9.47 Å². The number of nitrogens with zero attached hydrogens (tertiary/aromatic N) is 1. The van der Waals surface area contributed by atoms with Gasteiger partial charge in [0.05, 0.1) is 19.6 Å². The molecule has 1 aliphatic heterocycles. The first-order chi connectivity index (χ1) is 14.1. The van der Waals surface area contributed by atoms with E-state index in [2.05, 4.69) is 44.8 Å². The maximum Gasteiger partial charge on any atom is 0.123 e. The first-order valence-electron chi connectivity index (χ1n) is 9.55. The van der Waals surface area contributed by atoms with Crippen molar-refractivity contribution in [3.63, 3.8) is 0 Å². The molecule has 2 aromatic rings. The van der Waals surface area contributed by atoms with Gasteiger partial charge in [0.2, 0.25) is 0 Å². The standard InChI is InChI=1S/C22H25BrClN3O2/c1-28-20-9-7-16(23)14-15(20)6-8-17-18(4-3-5-19(17)24)22(26-12-13-27-22)21(29-2)10-11-25/h3-5,7,9,14,21,26-27H,6,8,10,12-13H2,1-2H3. The fourth-order valence-electron chi connectivity index (χ4n) is 4.05. The van der Waals surface area contributed by atoms with Crippen molar-refractivity contribution in [1.29, 1.82) is 5.26 Å². The van der Waals surface area contributed by atoms with Crippen molar-refractivity contribution in [3.05, 3.63) is 62.6 Å². The van der Waals surface area contributed by atoms with Crippen LogP contribution in [-0.4, -0.2) is 33.4 Å². The van der Waals surface area contributed by atoms with Crippen LogP contribution in [0.2, 0.25) is 5.02 Å². The summed E-state index contributed by atoms with van der Waals surface area (Å²) in [5.74, 6) is 0.855. The lowest BCUT2D eigenvalue weighted by Gasteiger charge is -2.38. The number of hydrogen-bond donors (Lipinski definition) is 2. The Balaban J connectivity index is 1.99. The van der Waals surface area contributed by atoms with E-state index in [0.29, 0.717) is 5.02 Å². The average Bonchev–Trinajstić information content (AvgIpc) is 3.21. The molecule has 0 spiro atoms. The second-order valence-corrected chi connectivity index (χ2v) is 8.29. The second-order valence-electron chi connectivity index (χ2n) is 6.97. The lowest BCUT2D eigenvalue weighted by molar-refractivity contribution is 0.0147. The highest BCUT2D eigenvalue weighted by molar-refractivity contribution is 9.10. The van der Waals surface area contributed by atoms with Crippen molar-refractivity contribution >= 4 is 27.5 Å². The van der Waals surface area contributed by atoms with Gasteiger partial charge in [0.15, 0.2) is 0 Å². The molecule has 1 atom stereocenters. The largest absolute Gasteiger partial charge is 0.496 e. The second kappa shape index (κ2) is 9.92. The van der Waals surface area contributed by atoms with Gasteiger partial charge in [-0.05, 0) is 53.8 Å². The minimum Gasteiger partial charge on any atom is -0.496 e. The number of rotatable bonds is 8. The lowest BCUT2D eigenvalue weighted by atomic mass is 9.86. The molecular weight excluding hydrogens is 454 g/mol. The molecule has 5 nitrogen and oxygen atoms in total. The van der Waals surface area contributed by atoms with E-state index >= 15 is 0 Å². The number of nitrogens with one attached hydrogen (secondary N) is 2. The summed E-state index contributed by atoms with van der Waals surface area (Å²) in [6.45, 7) is 1.58. The van der Waals surface area contributed by atoms with Gasteiger partial charge in [0.1, 0.15) is 17.5 Å². The minimum absolute atomic E-state index is 0.266. The van der Waals surface area contributed by atoms with Crippen LogP contribution in [0, 0.1) is 11.3 Å². The summed E-state index contributed by atoms with van der Waals surface area (Å²) < 4.78 is 12.3. The van der Waals surface area contributed by atoms with Crippen molar-refractivity contribution in [2.75, 3.05) is 27.3 Å². The number of aryl methyl sites for hydroxylation is 1. The molecular formula is C22H25BrClN3O2. The minimum atomic E-state index is -0.647. The van der Waals surface area contributed by atoms with Crippen LogP contribution in [0.4, 0.5) is 0 Å². The lowest BCUT2D eigenvalue weighted by Crippen LogP contribution is -2.56. The van der Waals surface area contributed by atoms with Crippen LogP contribution in [0.1, 0.15) is 23.1 Å². The van der Waals surface area contributed by atoms with Gasteiger partial charge in [-0.25, -0.2) is 0 Å².